The summed E-state index contributed by atoms with van der Waals surface area (Å²) in [4.78, 5) is 28.8. The van der Waals surface area contributed by atoms with Crippen molar-refractivity contribution in [2.24, 2.45) is 0 Å². The molecule has 0 saturated carbocycles. The third-order valence-electron chi connectivity index (χ3n) is 6.52. The summed E-state index contributed by atoms with van der Waals surface area (Å²) >= 11 is 3.11. The Morgan fingerprint density at radius 2 is 1.64 bits per heavy atom. The van der Waals surface area contributed by atoms with Crippen LogP contribution in [0, 0.1) is 11.6 Å². The summed E-state index contributed by atoms with van der Waals surface area (Å²) in [5.74, 6) is -2.36. The van der Waals surface area contributed by atoms with Crippen LogP contribution in [-0.2, 0) is 32.6 Å². The quantitative estimate of drug-likeness (QED) is 0.243. The Kier molecular flexibility index (Phi) is 9.95. The van der Waals surface area contributed by atoms with E-state index in [1.165, 1.54) is 26.8 Å². The molecule has 1 saturated heterocycles. The normalized spacial score (nSPS) is 14.1. The maximum Gasteiger partial charge on any atom is 0.430 e. The van der Waals surface area contributed by atoms with Gasteiger partial charge in [0.2, 0.25) is 0 Å². The van der Waals surface area contributed by atoms with E-state index in [0.717, 1.165) is 48.9 Å². The number of carbonyl (C=O) groups excluding carboxylic acids is 2. The van der Waals surface area contributed by atoms with E-state index < -0.39 is 60.2 Å². The summed E-state index contributed by atoms with van der Waals surface area (Å²) in [5.41, 5.74) is -1.37. The molecule has 3 aromatic rings. The van der Waals surface area contributed by atoms with E-state index in [4.69, 9.17) is 14.0 Å². The number of amides is 2. The number of halogens is 3. The molecule has 244 valence electrons. The van der Waals surface area contributed by atoms with Gasteiger partial charge in [-0.1, -0.05) is 17.3 Å². The number of anilines is 2. The SMILES string of the molecule is CC(C)(C)OC(=O)N(Cc1c(F)cccc1CN1CCC1)c1ccc(S(=O)(=O)N(C(=O)OC(C)(C)C)c2ccon2)c(F)c1Br. The van der Waals surface area contributed by atoms with Crippen molar-refractivity contribution in [2.75, 3.05) is 22.3 Å². The van der Waals surface area contributed by atoms with Gasteiger partial charge in [0.15, 0.2) is 11.6 Å². The molecule has 1 aliphatic heterocycles. The fourth-order valence-electron chi connectivity index (χ4n) is 4.39. The van der Waals surface area contributed by atoms with Crippen molar-refractivity contribution in [2.45, 2.75) is 77.2 Å². The van der Waals surface area contributed by atoms with Crippen molar-refractivity contribution < 1.29 is 40.8 Å². The summed E-state index contributed by atoms with van der Waals surface area (Å²) in [6.07, 6.45) is -0.206. The number of rotatable bonds is 8. The van der Waals surface area contributed by atoms with Crippen molar-refractivity contribution in [1.82, 2.24) is 10.1 Å². The zero-order chi connectivity index (χ0) is 33.3. The number of likely N-dealkylation sites (tertiary alicyclic amines) is 1. The van der Waals surface area contributed by atoms with Crippen molar-refractivity contribution in [3.05, 3.63) is 69.9 Å². The highest BCUT2D eigenvalue weighted by atomic mass is 79.9. The van der Waals surface area contributed by atoms with Crippen LogP contribution in [0.4, 0.5) is 29.9 Å². The van der Waals surface area contributed by atoms with E-state index in [2.05, 4.69) is 26.0 Å². The highest BCUT2D eigenvalue weighted by molar-refractivity contribution is 9.10. The molecule has 2 amide bonds. The predicted octanol–water partition coefficient (Wildman–Crippen LogP) is 6.99. The molecule has 0 unspecified atom stereocenters. The average molecular weight is 714 g/mol. The van der Waals surface area contributed by atoms with Crippen molar-refractivity contribution in [1.29, 1.82) is 0 Å². The van der Waals surface area contributed by atoms with Crippen LogP contribution in [-0.4, -0.2) is 55.0 Å². The number of hydrogen-bond donors (Lipinski definition) is 0. The Labute approximate surface area is 269 Å². The molecular weight excluding hydrogens is 678 g/mol. The zero-order valence-corrected chi connectivity index (χ0v) is 28.2. The molecule has 0 aliphatic carbocycles. The fraction of sp³-hybridized carbons (Fsp3) is 0.433. The first kappa shape index (κ1) is 34.3. The summed E-state index contributed by atoms with van der Waals surface area (Å²) in [5, 5.41) is 3.54. The molecule has 0 radical (unpaired) electrons. The lowest BCUT2D eigenvalue weighted by Crippen LogP contribution is -2.41. The van der Waals surface area contributed by atoms with E-state index in [1.54, 1.807) is 32.9 Å². The molecule has 0 bridgehead atoms. The first-order chi connectivity index (χ1) is 20.9. The monoisotopic (exact) mass is 712 g/mol. The third-order valence-corrected chi connectivity index (χ3v) is 8.96. The Morgan fingerprint density at radius 3 is 2.20 bits per heavy atom. The average Bonchev–Trinajstić information content (AvgIpc) is 3.39. The summed E-state index contributed by atoms with van der Waals surface area (Å²) < 4.78 is 74.3. The largest absolute Gasteiger partial charge is 0.443 e. The van der Waals surface area contributed by atoms with Crippen molar-refractivity contribution >= 4 is 49.6 Å². The van der Waals surface area contributed by atoms with Gasteiger partial charge in [0, 0.05) is 18.2 Å². The predicted molar refractivity (Wildman–Crippen MR) is 165 cm³/mol. The Morgan fingerprint density at radius 1 is 1.00 bits per heavy atom. The minimum atomic E-state index is -4.99. The third kappa shape index (κ3) is 8.00. The lowest BCUT2D eigenvalue weighted by molar-refractivity contribution is 0.0573. The van der Waals surface area contributed by atoms with E-state index in [-0.39, 0.29) is 22.1 Å². The van der Waals surface area contributed by atoms with E-state index in [1.807, 2.05) is 0 Å². The highest BCUT2D eigenvalue weighted by Gasteiger charge is 2.39. The molecule has 1 fully saturated rings. The first-order valence-corrected chi connectivity index (χ1v) is 16.3. The van der Waals surface area contributed by atoms with Gasteiger partial charge in [-0.15, -0.1) is 4.31 Å². The van der Waals surface area contributed by atoms with Crippen LogP contribution in [0.1, 0.15) is 59.1 Å². The number of nitrogens with zero attached hydrogens (tertiary/aromatic N) is 4. The smallest absolute Gasteiger partial charge is 0.430 e. The van der Waals surface area contributed by atoms with Gasteiger partial charge in [-0.2, -0.15) is 0 Å². The van der Waals surface area contributed by atoms with Crippen LogP contribution >= 0.6 is 15.9 Å². The number of benzene rings is 2. The molecule has 0 atom stereocenters. The molecule has 2 aromatic carbocycles. The number of ether oxygens (including phenoxy) is 2. The van der Waals surface area contributed by atoms with Crippen LogP contribution in [0.15, 0.2) is 56.6 Å². The number of carbonyl (C=O) groups is 2. The Hall–Kier alpha value is -3.56. The molecule has 0 N–H and O–H groups in total. The molecule has 11 nitrogen and oxygen atoms in total. The highest BCUT2D eigenvalue weighted by Crippen LogP contribution is 2.37. The van der Waals surface area contributed by atoms with Crippen molar-refractivity contribution in [3.8, 4) is 0 Å². The van der Waals surface area contributed by atoms with E-state index in [9.17, 15) is 18.0 Å². The molecule has 2 heterocycles. The molecule has 1 aromatic heterocycles. The standard InChI is InChI=1S/C30H35BrF2N4O7S/c1-29(2,3)43-27(38)36(18-20-19(9-7-10-21(20)32)17-35-14-8-15-35)22-11-12-23(26(33)25(22)31)45(40,41)37(24-13-16-42-34-24)28(39)44-30(4,5)6/h7,9-13,16H,8,14-15,17-18H2,1-6H3. The van der Waals surface area contributed by atoms with Gasteiger partial charge < -0.3 is 14.0 Å². The van der Waals surface area contributed by atoms with Gasteiger partial charge in [0.25, 0.3) is 10.0 Å². The number of hydrogen-bond acceptors (Lipinski definition) is 9. The van der Waals surface area contributed by atoms with Gasteiger partial charge >= 0.3 is 12.2 Å². The van der Waals surface area contributed by atoms with Crippen molar-refractivity contribution in [3.63, 3.8) is 0 Å². The molecule has 4 rings (SSSR count). The van der Waals surface area contributed by atoms with E-state index >= 15 is 8.78 Å². The summed E-state index contributed by atoms with van der Waals surface area (Å²) in [6.45, 7) is 11.3. The fourth-order valence-corrected chi connectivity index (χ4v) is 6.42. The first-order valence-electron chi connectivity index (χ1n) is 14.0. The minimum absolute atomic E-state index is 0.135. The zero-order valence-electron chi connectivity index (χ0n) is 25.8. The summed E-state index contributed by atoms with van der Waals surface area (Å²) in [6, 6.07) is 7.75. The minimum Gasteiger partial charge on any atom is -0.443 e. The van der Waals surface area contributed by atoms with Crippen LogP contribution < -0.4 is 9.21 Å². The summed E-state index contributed by atoms with van der Waals surface area (Å²) in [7, 11) is -4.99. The van der Waals surface area contributed by atoms with Gasteiger partial charge in [-0.25, -0.2) is 26.8 Å². The number of sulfonamides is 1. The number of aromatic nitrogens is 1. The molecule has 0 spiro atoms. The topological polar surface area (TPSA) is 122 Å². The van der Waals surface area contributed by atoms with Gasteiger partial charge in [0.1, 0.15) is 28.2 Å². The Balaban J connectivity index is 1.80. The van der Waals surface area contributed by atoms with Gasteiger partial charge in [-0.3, -0.25) is 9.80 Å². The second kappa shape index (κ2) is 13.0. The lowest BCUT2D eigenvalue weighted by atomic mass is 10.0. The molecular formula is C30H35BrF2N4O7S. The molecule has 45 heavy (non-hydrogen) atoms. The second-order valence-corrected chi connectivity index (χ2v) is 14.9. The lowest BCUT2D eigenvalue weighted by Gasteiger charge is -2.32. The van der Waals surface area contributed by atoms with Gasteiger partial charge in [-0.05, 0) is 101 Å². The van der Waals surface area contributed by atoms with Crippen LogP contribution in [0.25, 0.3) is 0 Å². The molecule has 1 aliphatic rings. The maximum atomic E-state index is 16.1. The Bertz CT molecular complexity index is 1670. The van der Waals surface area contributed by atoms with Gasteiger partial charge in [0.05, 0.1) is 16.7 Å². The van der Waals surface area contributed by atoms with Crippen LogP contribution in [0.5, 0.6) is 0 Å². The second-order valence-electron chi connectivity index (χ2n) is 12.4. The maximum absolute atomic E-state index is 16.1. The van der Waals surface area contributed by atoms with Crippen LogP contribution in [0.2, 0.25) is 0 Å². The molecule has 15 heteroatoms. The van der Waals surface area contributed by atoms with Crippen LogP contribution in [0.3, 0.4) is 0 Å². The van der Waals surface area contributed by atoms with E-state index in [0.29, 0.717) is 12.1 Å².